The van der Waals surface area contributed by atoms with Crippen molar-refractivity contribution in [3.63, 3.8) is 0 Å². The molecule has 0 bridgehead atoms. The van der Waals surface area contributed by atoms with Gasteiger partial charge in [0.15, 0.2) is 0 Å². The van der Waals surface area contributed by atoms with Crippen molar-refractivity contribution >= 4 is 0 Å². The van der Waals surface area contributed by atoms with Crippen LogP contribution in [0.3, 0.4) is 0 Å². The largest absolute Gasteiger partial charge is 0.381 e. The molecule has 0 aromatic rings. The molecule has 2 rings (SSSR count). The Balaban J connectivity index is 1.52. The van der Waals surface area contributed by atoms with Gasteiger partial charge in [-0.25, -0.2) is 0 Å². The molecule has 2 aliphatic rings. The van der Waals surface area contributed by atoms with Gasteiger partial charge in [0, 0.05) is 45.5 Å². The summed E-state index contributed by atoms with van der Waals surface area (Å²) >= 11 is 0. The maximum atomic E-state index is 5.53. The first-order chi connectivity index (χ1) is 8.84. The predicted molar refractivity (Wildman–Crippen MR) is 72.9 cm³/mol. The SMILES string of the molecule is CN(CCNC1CCOCC1)CC1CCCOC1. The van der Waals surface area contributed by atoms with Crippen LogP contribution >= 0.6 is 0 Å². The maximum Gasteiger partial charge on any atom is 0.0506 e. The lowest BCUT2D eigenvalue weighted by Crippen LogP contribution is -2.40. The first-order valence-corrected chi connectivity index (χ1v) is 7.42. The van der Waals surface area contributed by atoms with E-state index in [4.69, 9.17) is 9.47 Å². The summed E-state index contributed by atoms with van der Waals surface area (Å²) in [4.78, 5) is 2.44. The van der Waals surface area contributed by atoms with Gasteiger partial charge < -0.3 is 19.7 Å². The molecule has 106 valence electrons. The maximum absolute atomic E-state index is 5.53. The van der Waals surface area contributed by atoms with E-state index in [1.54, 1.807) is 0 Å². The van der Waals surface area contributed by atoms with Crippen LogP contribution in [-0.4, -0.2) is 64.1 Å². The highest BCUT2D eigenvalue weighted by Gasteiger charge is 2.16. The quantitative estimate of drug-likeness (QED) is 0.772. The molecule has 4 heteroatoms. The molecule has 18 heavy (non-hydrogen) atoms. The molecule has 0 aromatic heterocycles. The monoisotopic (exact) mass is 256 g/mol. The van der Waals surface area contributed by atoms with Gasteiger partial charge in [-0.15, -0.1) is 0 Å². The van der Waals surface area contributed by atoms with Crippen molar-refractivity contribution in [3.8, 4) is 0 Å². The number of nitrogens with one attached hydrogen (secondary N) is 1. The van der Waals surface area contributed by atoms with Crippen molar-refractivity contribution in [3.05, 3.63) is 0 Å². The normalized spacial score (nSPS) is 26.7. The van der Waals surface area contributed by atoms with Gasteiger partial charge in [-0.2, -0.15) is 0 Å². The predicted octanol–water partition coefficient (Wildman–Crippen LogP) is 1.11. The fraction of sp³-hybridized carbons (Fsp3) is 1.00. The molecule has 0 amide bonds. The number of ether oxygens (including phenoxy) is 2. The average molecular weight is 256 g/mol. The van der Waals surface area contributed by atoms with E-state index in [0.29, 0.717) is 6.04 Å². The Morgan fingerprint density at radius 3 is 2.67 bits per heavy atom. The first-order valence-electron chi connectivity index (χ1n) is 7.42. The van der Waals surface area contributed by atoms with Gasteiger partial charge in [-0.05, 0) is 38.6 Å². The topological polar surface area (TPSA) is 33.7 Å². The molecule has 0 radical (unpaired) electrons. The number of likely N-dealkylation sites (N-methyl/N-ethyl adjacent to an activating group) is 1. The summed E-state index contributed by atoms with van der Waals surface area (Å²) in [6, 6.07) is 0.671. The van der Waals surface area contributed by atoms with Crippen molar-refractivity contribution in [1.29, 1.82) is 0 Å². The van der Waals surface area contributed by atoms with Gasteiger partial charge in [-0.3, -0.25) is 0 Å². The fourth-order valence-corrected chi connectivity index (χ4v) is 2.84. The molecule has 2 fully saturated rings. The summed E-state index contributed by atoms with van der Waals surface area (Å²) in [6.45, 7) is 7.17. The van der Waals surface area contributed by atoms with Crippen molar-refractivity contribution < 1.29 is 9.47 Å². The Labute approximate surface area is 111 Å². The van der Waals surface area contributed by atoms with Gasteiger partial charge in [-0.1, -0.05) is 0 Å². The minimum Gasteiger partial charge on any atom is -0.381 e. The molecule has 0 saturated carbocycles. The third kappa shape index (κ3) is 5.22. The third-order valence-electron chi connectivity index (χ3n) is 3.97. The molecule has 2 saturated heterocycles. The van der Waals surface area contributed by atoms with Crippen LogP contribution < -0.4 is 5.32 Å². The summed E-state index contributed by atoms with van der Waals surface area (Å²) in [5, 5.41) is 3.64. The third-order valence-corrected chi connectivity index (χ3v) is 3.97. The van der Waals surface area contributed by atoms with E-state index in [2.05, 4.69) is 17.3 Å². The lowest BCUT2D eigenvalue weighted by molar-refractivity contribution is 0.0416. The van der Waals surface area contributed by atoms with Gasteiger partial charge in [0.05, 0.1) is 6.61 Å². The molecule has 2 heterocycles. The molecule has 0 aliphatic carbocycles. The van der Waals surface area contributed by atoms with E-state index < -0.39 is 0 Å². The summed E-state index contributed by atoms with van der Waals surface area (Å²) in [5.74, 6) is 0.742. The van der Waals surface area contributed by atoms with Gasteiger partial charge in [0.1, 0.15) is 0 Å². The van der Waals surface area contributed by atoms with Crippen LogP contribution in [-0.2, 0) is 9.47 Å². The molecule has 4 nitrogen and oxygen atoms in total. The molecular weight excluding hydrogens is 228 g/mol. The molecule has 1 unspecified atom stereocenters. The summed E-state index contributed by atoms with van der Waals surface area (Å²) in [6.07, 6.45) is 4.90. The van der Waals surface area contributed by atoms with E-state index in [1.807, 2.05) is 0 Å². The Hall–Kier alpha value is -0.160. The minimum absolute atomic E-state index is 0.671. The standard InChI is InChI=1S/C14H28N2O2/c1-16(11-13-3-2-8-18-12-13)7-6-15-14-4-9-17-10-5-14/h13-15H,2-12H2,1H3. The van der Waals surface area contributed by atoms with E-state index in [-0.39, 0.29) is 0 Å². The van der Waals surface area contributed by atoms with Crippen LogP contribution in [0.15, 0.2) is 0 Å². The number of nitrogens with zero attached hydrogens (tertiary/aromatic N) is 1. The van der Waals surface area contributed by atoms with Gasteiger partial charge >= 0.3 is 0 Å². The Morgan fingerprint density at radius 1 is 1.11 bits per heavy atom. The van der Waals surface area contributed by atoms with Crippen LogP contribution in [0.25, 0.3) is 0 Å². The smallest absolute Gasteiger partial charge is 0.0506 e. The Kier molecular flexibility index (Phi) is 6.41. The van der Waals surface area contributed by atoms with Crippen molar-refractivity contribution in [2.45, 2.75) is 31.7 Å². The lowest BCUT2D eigenvalue weighted by atomic mass is 10.0. The van der Waals surface area contributed by atoms with Crippen LogP contribution in [0.2, 0.25) is 0 Å². The Bertz CT molecular complexity index is 214. The minimum atomic E-state index is 0.671. The molecule has 0 aromatic carbocycles. The fourth-order valence-electron chi connectivity index (χ4n) is 2.84. The molecule has 2 aliphatic heterocycles. The first kappa shape index (κ1) is 14.3. The number of hydrogen-bond donors (Lipinski definition) is 1. The number of hydrogen-bond acceptors (Lipinski definition) is 4. The zero-order valence-electron chi connectivity index (χ0n) is 11.7. The van der Waals surface area contributed by atoms with Crippen molar-refractivity contribution in [2.75, 3.05) is 53.1 Å². The highest BCUT2D eigenvalue weighted by atomic mass is 16.5. The van der Waals surface area contributed by atoms with Crippen LogP contribution in [0.1, 0.15) is 25.7 Å². The van der Waals surface area contributed by atoms with E-state index in [9.17, 15) is 0 Å². The van der Waals surface area contributed by atoms with E-state index in [1.165, 1.54) is 32.2 Å². The zero-order chi connectivity index (χ0) is 12.6. The lowest BCUT2D eigenvalue weighted by Gasteiger charge is -2.28. The summed E-state index contributed by atoms with van der Waals surface area (Å²) in [7, 11) is 2.22. The molecule has 0 spiro atoms. The van der Waals surface area contributed by atoms with Gasteiger partial charge in [0.25, 0.3) is 0 Å². The zero-order valence-corrected chi connectivity index (χ0v) is 11.7. The highest BCUT2D eigenvalue weighted by molar-refractivity contribution is 4.72. The van der Waals surface area contributed by atoms with E-state index in [0.717, 1.165) is 45.4 Å². The van der Waals surface area contributed by atoms with Crippen molar-refractivity contribution in [2.24, 2.45) is 5.92 Å². The highest BCUT2D eigenvalue weighted by Crippen LogP contribution is 2.14. The average Bonchev–Trinajstić information content (AvgIpc) is 2.41. The van der Waals surface area contributed by atoms with Crippen LogP contribution in [0.5, 0.6) is 0 Å². The second kappa shape index (κ2) is 8.10. The molecule has 1 N–H and O–H groups in total. The van der Waals surface area contributed by atoms with Crippen LogP contribution in [0, 0.1) is 5.92 Å². The second-order valence-corrected chi connectivity index (χ2v) is 5.69. The van der Waals surface area contributed by atoms with Crippen LogP contribution in [0.4, 0.5) is 0 Å². The molecule has 1 atom stereocenters. The van der Waals surface area contributed by atoms with Crippen molar-refractivity contribution in [1.82, 2.24) is 10.2 Å². The second-order valence-electron chi connectivity index (χ2n) is 5.69. The molecular formula is C14H28N2O2. The van der Waals surface area contributed by atoms with E-state index >= 15 is 0 Å². The Morgan fingerprint density at radius 2 is 1.94 bits per heavy atom. The number of rotatable bonds is 6. The van der Waals surface area contributed by atoms with Gasteiger partial charge in [0.2, 0.25) is 0 Å². The summed E-state index contributed by atoms with van der Waals surface area (Å²) < 4.78 is 10.9. The summed E-state index contributed by atoms with van der Waals surface area (Å²) in [5.41, 5.74) is 0.